The molecule has 2 heterocycles. The van der Waals surface area contributed by atoms with E-state index in [4.69, 9.17) is 4.74 Å². The summed E-state index contributed by atoms with van der Waals surface area (Å²) < 4.78 is 4.80. The SMILES string of the molecule is CCc1cc(C(=O)OC)c(NC(=O)[C@@H]2CC(=O)NN2Cc2ccccc2)s1. The molecule has 0 bridgehead atoms. The second kappa shape index (κ2) is 8.32. The predicted octanol–water partition coefficient (Wildman–Crippen LogP) is 2.34. The molecule has 0 spiro atoms. The molecule has 2 amide bonds. The maximum atomic E-state index is 12.8. The number of hydrogen-bond acceptors (Lipinski definition) is 6. The van der Waals surface area contributed by atoms with Crippen molar-refractivity contribution in [3.8, 4) is 0 Å². The first-order valence-corrected chi connectivity index (χ1v) is 9.45. The van der Waals surface area contributed by atoms with Crippen molar-refractivity contribution in [2.75, 3.05) is 12.4 Å². The van der Waals surface area contributed by atoms with Gasteiger partial charge in [0.1, 0.15) is 11.0 Å². The van der Waals surface area contributed by atoms with Crippen LogP contribution in [-0.4, -0.2) is 35.9 Å². The molecule has 1 aliphatic rings. The van der Waals surface area contributed by atoms with E-state index >= 15 is 0 Å². The van der Waals surface area contributed by atoms with Gasteiger partial charge in [-0.25, -0.2) is 9.80 Å². The Morgan fingerprint density at radius 1 is 1.33 bits per heavy atom. The van der Waals surface area contributed by atoms with E-state index in [0.717, 1.165) is 16.9 Å². The van der Waals surface area contributed by atoms with Gasteiger partial charge in [0.15, 0.2) is 0 Å². The minimum Gasteiger partial charge on any atom is -0.465 e. The van der Waals surface area contributed by atoms with Gasteiger partial charge in [0, 0.05) is 11.4 Å². The summed E-state index contributed by atoms with van der Waals surface area (Å²) >= 11 is 1.34. The number of carbonyl (C=O) groups excluding carboxylic acids is 3. The summed E-state index contributed by atoms with van der Waals surface area (Å²) in [6, 6.07) is 10.7. The van der Waals surface area contributed by atoms with Gasteiger partial charge in [0.05, 0.1) is 19.1 Å². The van der Waals surface area contributed by atoms with E-state index in [-0.39, 0.29) is 18.2 Å². The summed E-state index contributed by atoms with van der Waals surface area (Å²) in [5.74, 6) is -1.04. The Labute approximate surface area is 161 Å². The summed E-state index contributed by atoms with van der Waals surface area (Å²) in [6.45, 7) is 2.39. The van der Waals surface area contributed by atoms with Crippen molar-refractivity contribution < 1.29 is 19.1 Å². The maximum Gasteiger partial charge on any atom is 0.340 e. The third kappa shape index (κ3) is 4.35. The first kappa shape index (κ1) is 19.1. The number of esters is 1. The molecule has 1 atom stereocenters. The van der Waals surface area contributed by atoms with Gasteiger partial charge in [-0.15, -0.1) is 11.3 Å². The van der Waals surface area contributed by atoms with Crippen LogP contribution in [0.2, 0.25) is 0 Å². The lowest BCUT2D eigenvalue weighted by molar-refractivity contribution is -0.121. The van der Waals surface area contributed by atoms with Crippen molar-refractivity contribution in [3.63, 3.8) is 0 Å². The van der Waals surface area contributed by atoms with Crippen LogP contribution in [0, 0.1) is 0 Å². The summed E-state index contributed by atoms with van der Waals surface area (Å²) in [7, 11) is 1.30. The maximum absolute atomic E-state index is 12.8. The van der Waals surface area contributed by atoms with Crippen LogP contribution in [0.3, 0.4) is 0 Å². The van der Waals surface area contributed by atoms with Gasteiger partial charge in [-0.3, -0.25) is 15.0 Å². The van der Waals surface area contributed by atoms with Crippen molar-refractivity contribution >= 4 is 34.1 Å². The second-order valence-electron chi connectivity index (χ2n) is 6.16. The Kier molecular flexibility index (Phi) is 5.88. The van der Waals surface area contributed by atoms with E-state index in [0.29, 0.717) is 17.1 Å². The Morgan fingerprint density at radius 3 is 2.74 bits per heavy atom. The van der Waals surface area contributed by atoms with Crippen LogP contribution in [0.4, 0.5) is 5.00 Å². The highest BCUT2D eigenvalue weighted by molar-refractivity contribution is 7.16. The summed E-state index contributed by atoms with van der Waals surface area (Å²) in [4.78, 5) is 37.7. The molecular formula is C19H21N3O4S. The van der Waals surface area contributed by atoms with Crippen LogP contribution in [0.1, 0.15) is 34.1 Å². The van der Waals surface area contributed by atoms with Gasteiger partial charge in [0.2, 0.25) is 11.8 Å². The molecule has 27 heavy (non-hydrogen) atoms. The number of rotatable bonds is 6. The van der Waals surface area contributed by atoms with E-state index in [1.807, 2.05) is 37.3 Å². The third-order valence-corrected chi connectivity index (χ3v) is 5.49. The molecule has 0 saturated carbocycles. The Morgan fingerprint density at radius 2 is 2.07 bits per heavy atom. The van der Waals surface area contributed by atoms with E-state index in [9.17, 15) is 14.4 Å². The molecule has 0 aliphatic carbocycles. The Hall–Kier alpha value is -2.71. The molecule has 3 rings (SSSR count). The van der Waals surface area contributed by atoms with Crippen LogP contribution in [0.5, 0.6) is 0 Å². The van der Waals surface area contributed by atoms with Gasteiger partial charge in [-0.2, -0.15) is 0 Å². The zero-order valence-corrected chi connectivity index (χ0v) is 16.0. The van der Waals surface area contributed by atoms with E-state index in [1.165, 1.54) is 18.4 Å². The Bertz CT molecular complexity index is 850. The van der Waals surface area contributed by atoms with Gasteiger partial charge in [-0.1, -0.05) is 37.3 Å². The first-order valence-electron chi connectivity index (χ1n) is 8.63. The zero-order valence-electron chi connectivity index (χ0n) is 15.2. The quantitative estimate of drug-likeness (QED) is 0.743. The summed E-state index contributed by atoms with van der Waals surface area (Å²) in [5.41, 5.74) is 4.05. The molecule has 2 N–H and O–H groups in total. The molecular weight excluding hydrogens is 366 g/mol. The minimum absolute atomic E-state index is 0.0677. The van der Waals surface area contributed by atoms with Gasteiger partial charge >= 0.3 is 5.97 Å². The topological polar surface area (TPSA) is 87.7 Å². The largest absolute Gasteiger partial charge is 0.465 e. The number of carbonyl (C=O) groups is 3. The average molecular weight is 387 g/mol. The lowest BCUT2D eigenvalue weighted by atomic mass is 10.1. The van der Waals surface area contributed by atoms with Crippen molar-refractivity contribution in [2.24, 2.45) is 0 Å². The average Bonchev–Trinajstić information content (AvgIpc) is 3.25. The van der Waals surface area contributed by atoms with E-state index in [2.05, 4.69) is 10.7 Å². The minimum atomic E-state index is -0.657. The standard InChI is InChI=1S/C19H21N3O4S/c1-3-13-9-14(19(25)26-2)18(27-13)20-17(24)15-10-16(23)21-22(15)11-12-7-5-4-6-8-12/h4-9,15H,3,10-11H2,1-2H3,(H,20,24)(H,21,23)/t15-/m0/s1. The number of aryl methyl sites for hydroxylation is 1. The number of thiophene rings is 1. The third-order valence-electron chi connectivity index (χ3n) is 4.30. The van der Waals surface area contributed by atoms with Crippen LogP contribution in [0.15, 0.2) is 36.4 Å². The number of nitrogens with one attached hydrogen (secondary N) is 2. The number of nitrogens with zero attached hydrogens (tertiary/aromatic N) is 1. The predicted molar refractivity (Wildman–Crippen MR) is 102 cm³/mol. The molecule has 1 saturated heterocycles. The van der Waals surface area contributed by atoms with Crippen molar-refractivity contribution in [1.82, 2.24) is 10.4 Å². The number of hydrazine groups is 1. The summed E-state index contributed by atoms with van der Waals surface area (Å²) in [5, 5.41) is 4.87. The van der Waals surface area contributed by atoms with Crippen molar-refractivity contribution in [1.29, 1.82) is 0 Å². The normalized spacial score (nSPS) is 16.8. The molecule has 0 radical (unpaired) electrons. The summed E-state index contributed by atoms with van der Waals surface area (Å²) in [6.07, 6.45) is 0.812. The number of methoxy groups -OCH3 is 1. The van der Waals surface area contributed by atoms with Crippen LogP contribution in [0.25, 0.3) is 0 Å². The van der Waals surface area contributed by atoms with Crippen LogP contribution in [-0.2, 0) is 27.3 Å². The number of benzene rings is 1. The monoisotopic (exact) mass is 387 g/mol. The molecule has 0 unspecified atom stereocenters. The number of hydrogen-bond donors (Lipinski definition) is 2. The fourth-order valence-corrected chi connectivity index (χ4v) is 3.89. The molecule has 8 heteroatoms. The molecule has 2 aromatic rings. The molecule has 7 nitrogen and oxygen atoms in total. The molecule has 1 aromatic carbocycles. The Balaban J connectivity index is 1.77. The fraction of sp³-hybridized carbons (Fsp3) is 0.316. The van der Waals surface area contributed by atoms with Gasteiger partial charge in [-0.05, 0) is 18.1 Å². The smallest absolute Gasteiger partial charge is 0.340 e. The fourth-order valence-electron chi connectivity index (χ4n) is 2.90. The molecule has 1 fully saturated rings. The van der Waals surface area contributed by atoms with Crippen LogP contribution < -0.4 is 10.7 Å². The highest BCUT2D eigenvalue weighted by Gasteiger charge is 2.36. The highest BCUT2D eigenvalue weighted by Crippen LogP contribution is 2.30. The van der Waals surface area contributed by atoms with Crippen molar-refractivity contribution in [2.45, 2.75) is 32.4 Å². The highest BCUT2D eigenvalue weighted by atomic mass is 32.1. The molecule has 1 aromatic heterocycles. The van der Waals surface area contributed by atoms with E-state index < -0.39 is 12.0 Å². The van der Waals surface area contributed by atoms with Crippen LogP contribution >= 0.6 is 11.3 Å². The second-order valence-corrected chi connectivity index (χ2v) is 7.30. The van der Waals surface area contributed by atoms with Crippen molar-refractivity contribution in [3.05, 3.63) is 52.4 Å². The number of amides is 2. The molecule has 1 aliphatic heterocycles. The number of anilines is 1. The zero-order chi connectivity index (χ0) is 19.4. The first-order chi connectivity index (χ1) is 13.0. The number of ether oxygens (including phenoxy) is 1. The lowest BCUT2D eigenvalue weighted by Crippen LogP contribution is -2.43. The molecule has 142 valence electrons. The van der Waals surface area contributed by atoms with E-state index in [1.54, 1.807) is 11.1 Å². The van der Waals surface area contributed by atoms with Gasteiger partial charge < -0.3 is 10.1 Å². The lowest BCUT2D eigenvalue weighted by Gasteiger charge is -2.22. The van der Waals surface area contributed by atoms with Gasteiger partial charge in [0.25, 0.3) is 0 Å².